The van der Waals surface area contributed by atoms with Crippen LogP contribution in [0, 0.1) is 16.0 Å². The minimum absolute atomic E-state index is 0.0247. The van der Waals surface area contributed by atoms with Crippen molar-refractivity contribution in [2.75, 3.05) is 7.11 Å². The summed E-state index contributed by atoms with van der Waals surface area (Å²) in [5.41, 5.74) is 1.83. The highest BCUT2D eigenvalue weighted by Crippen LogP contribution is 2.57. The molecule has 7 nitrogen and oxygen atoms in total. The maximum Gasteiger partial charge on any atom is 0.265 e. The fourth-order valence-corrected chi connectivity index (χ4v) is 5.44. The number of methoxy groups -OCH3 is 1. The van der Waals surface area contributed by atoms with Crippen LogP contribution in [0.25, 0.3) is 0 Å². The van der Waals surface area contributed by atoms with Gasteiger partial charge in [-0.25, -0.2) is 4.84 Å². The molecule has 0 amide bonds. The summed E-state index contributed by atoms with van der Waals surface area (Å²) in [5.74, 6) is -0.919. The molecule has 2 aliphatic heterocycles. The summed E-state index contributed by atoms with van der Waals surface area (Å²) in [6.07, 6.45) is 1.88. The molecule has 6 atom stereocenters. The maximum absolute atomic E-state index is 12.3. The van der Waals surface area contributed by atoms with Gasteiger partial charge in [0.1, 0.15) is 6.04 Å². The van der Waals surface area contributed by atoms with Crippen LogP contribution in [-0.2, 0) is 14.4 Å². The van der Waals surface area contributed by atoms with Gasteiger partial charge in [0.2, 0.25) is 0 Å². The highest BCUT2D eigenvalue weighted by atomic mass is 17.0. The summed E-state index contributed by atoms with van der Waals surface area (Å²) in [5, 5.41) is 13.7. The van der Waals surface area contributed by atoms with Gasteiger partial charge in [0.15, 0.2) is 11.9 Å². The van der Waals surface area contributed by atoms with Gasteiger partial charge in [-0.3, -0.25) is 15.0 Å². The number of benzene rings is 2. The third kappa shape index (κ3) is 2.88. The number of hydroxylamine groups is 2. The molecule has 2 aromatic carbocycles. The van der Waals surface area contributed by atoms with Gasteiger partial charge in [-0.1, -0.05) is 65.9 Å². The molecule has 0 N–H and O–H groups in total. The second-order valence-corrected chi connectivity index (χ2v) is 8.03. The molecule has 0 aromatic heterocycles. The topological polar surface area (TPSA) is 74.1 Å². The summed E-state index contributed by atoms with van der Waals surface area (Å²) in [6, 6.07) is 17.9. The van der Waals surface area contributed by atoms with Gasteiger partial charge in [0.25, 0.3) is 6.04 Å². The van der Waals surface area contributed by atoms with Crippen molar-refractivity contribution in [3.63, 3.8) is 0 Å². The van der Waals surface area contributed by atoms with Gasteiger partial charge in [-0.15, -0.1) is 0 Å². The van der Waals surface area contributed by atoms with Crippen LogP contribution < -0.4 is 0 Å². The van der Waals surface area contributed by atoms with Crippen LogP contribution in [0.1, 0.15) is 42.4 Å². The molecule has 0 bridgehead atoms. The predicted octanol–water partition coefficient (Wildman–Crippen LogP) is 3.86. The van der Waals surface area contributed by atoms with Gasteiger partial charge < -0.3 is 4.74 Å². The fourth-order valence-electron chi connectivity index (χ4n) is 5.44. The third-order valence-electron chi connectivity index (χ3n) is 6.67. The smallest absolute Gasteiger partial charge is 0.265 e. The van der Waals surface area contributed by atoms with E-state index in [1.54, 1.807) is 7.11 Å². The molecule has 0 unspecified atom stereocenters. The van der Waals surface area contributed by atoms with E-state index in [0.717, 1.165) is 30.4 Å². The molecule has 152 valence electrons. The molecule has 1 saturated carbocycles. The van der Waals surface area contributed by atoms with Crippen LogP contribution in [0.2, 0.25) is 0 Å². The van der Waals surface area contributed by atoms with Gasteiger partial charge in [-0.2, -0.15) is 0 Å². The molecule has 3 aliphatic rings. The Morgan fingerprint density at radius 1 is 1.10 bits per heavy atom. The minimum atomic E-state index is -0.946. The first-order valence-corrected chi connectivity index (χ1v) is 10.1. The van der Waals surface area contributed by atoms with Crippen molar-refractivity contribution in [2.45, 2.75) is 49.2 Å². The Hall–Kier alpha value is -2.32. The average molecular weight is 396 g/mol. The standard InChI is InChI=1S/C22H24N2O5/c1-27-22-14-8-13-17(22)18(15-9-4-2-5-10-15)19-20(23(25)26)21(28-24(19)29-22)16-11-6-3-7-12-16/h2-7,9-12,17-21H,8,13-14H2,1H3/t17-,18-,19-,20-,21+,22-/m1/s1. The summed E-state index contributed by atoms with van der Waals surface area (Å²) in [6.45, 7) is 0. The lowest BCUT2D eigenvalue weighted by molar-refractivity contribution is -0.537. The molecule has 2 saturated heterocycles. The molecule has 1 aliphatic carbocycles. The van der Waals surface area contributed by atoms with E-state index in [2.05, 4.69) is 0 Å². The SMILES string of the molecule is CO[C@@]12CCC[C@@H]1[C@@H](c1ccccc1)[C@@H]1[C@@H]([N+](=O)[O-])[C@H](c3ccccc3)ON1O2. The van der Waals surface area contributed by atoms with Crippen molar-refractivity contribution in [3.8, 4) is 0 Å². The second-order valence-electron chi connectivity index (χ2n) is 8.03. The largest absolute Gasteiger partial charge is 0.351 e. The Labute approximate surface area is 169 Å². The summed E-state index contributed by atoms with van der Waals surface area (Å²) in [7, 11) is 1.65. The number of ether oxygens (including phenoxy) is 1. The van der Waals surface area contributed by atoms with Crippen LogP contribution in [0.15, 0.2) is 60.7 Å². The van der Waals surface area contributed by atoms with Crippen molar-refractivity contribution >= 4 is 0 Å². The van der Waals surface area contributed by atoms with Crippen molar-refractivity contribution < 1.29 is 19.3 Å². The first kappa shape index (κ1) is 18.7. The lowest BCUT2D eigenvalue weighted by Crippen LogP contribution is -2.59. The molecule has 5 rings (SSSR count). The molecule has 2 heterocycles. The number of hydrogen-bond donors (Lipinski definition) is 0. The molecular weight excluding hydrogens is 372 g/mol. The molecule has 0 spiro atoms. The first-order valence-electron chi connectivity index (χ1n) is 10.1. The van der Waals surface area contributed by atoms with E-state index >= 15 is 0 Å². The Balaban J connectivity index is 1.63. The second kappa shape index (κ2) is 7.18. The minimum Gasteiger partial charge on any atom is -0.351 e. The van der Waals surface area contributed by atoms with Gasteiger partial charge in [-0.05, 0) is 24.0 Å². The Bertz CT molecular complexity index is 879. The van der Waals surface area contributed by atoms with E-state index < -0.39 is 24.0 Å². The average Bonchev–Trinajstić information content (AvgIpc) is 3.34. The number of hydrogen-bond acceptors (Lipinski definition) is 6. The van der Waals surface area contributed by atoms with E-state index in [0.29, 0.717) is 0 Å². The summed E-state index contributed by atoms with van der Waals surface area (Å²) < 4.78 is 5.89. The highest BCUT2D eigenvalue weighted by molar-refractivity contribution is 5.28. The van der Waals surface area contributed by atoms with Crippen LogP contribution >= 0.6 is 0 Å². The Morgan fingerprint density at radius 3 is 2.38 bits per heavy atom. The monoisotopic (exact) mass is 396 g/mol. The summed E-state index contributed by atoms with van der Waals surface area (Å²) >= 11 is 0. The molecule has 2 aromatic rings. The summed E-state index contributed by atoms with van der Waals surface area (Å²) in [4.78, 5) is 24.4. The number of rotatable bonds is 4. The normalized spacial score (nSPS) is 36.5. The van der Waals surface area contributed by atoms with E-state index in [4.69, 9.17) is 14.4 Å². The van der Waals surface area contributed by atoms with Crippen molar-refractivity contribution in [1.29, 1.82) is 0 Å². The van der Waals surface area contributed by atoms with Gasteiger partial charge >= 0.3 is 0 Å². The first-order chi connectivity index (χ1) is 14.1. The van der Waals surface area contributed by atoms with Crippen LogP contribution in [-0.4, -0.2) is 35.1 Å². The highest BCUT2D eigenvalue weighted by Gasteiger charge is 2.66. The predicted molar refractivity (Wildman–Crippen MR) is 104 cm³/mol. The Morgan fingerprint density at radius 2 is 1.76 bits per heavy atom. The zero-order valence-corrected chi connectivity index (χ0v) is 16.2. The van der Waals surface area contributed by atoms with E-state index in [1.807, 2.05) is 60.7 Å². The Kier molecular flexibility index (Phi) is 4.63. The lowest BCUT2D eigenvalue weighted by atomic mass is 9.73. The third-order valence-corrected chi connectivity index (χ3v) is 6.67. The van der Waals surface area contributed by atoms with E-state index in [1.165, 1.54) is 5.23 Å². The van der Waals surface area contributed by atoms with E-state index in [9.17, 15) is 10.1 Å². The molecule has 3 fully saturated rings. The van der Waals surface area contributed by atoms with Crippen LogP contribution in [0.3, 0.4) is 0 Å². The van der Waals surface area contributed by atoms with Crippen molar-refractivity contribution in [2.24, 2.45) is 5.92 Å². The maximum atomic E-state index is 12.3. The molecular formula is C22H24N2O5. The fraction of sp³-hybridized carbons (Fsp3) is 0.455. The van der Waals surface area contributed by atoms with Crippen molar-refractivity contribution in [1.82, 2.24) is 5.23 Å². The molecule has 7 heteroatoms. The number of fused-ring (bicyclic) bond motifs is 2. The van der Waals surface area contributed by atoms with Gasteiger partial charge in [0.05, 0.1) is 0 Å². The number of nitrogens with zero attached hydrogens (tertiary/aromatic N) is 2. The van der Waals surface area contributed by atoms with Crippen LogP contribution in [0.4, 0.5) is 0 Å². The van der Waals surface area contributed by atoms with Gasteiger partial charge in [0, 0.05) is 30.3 Å². The van der Waals surface area contributed by atoms with E-state index in [-0.39, 0.29) is 16.8 Å². The zero-order valence-electron chi connectivity index (χ0n) is 16.2. The lowest BCUT2D eigenvalue weighted by Gasteiger charge is -2.47. The molecule has 0 radical (unpaired) electrons. The van der Waals surface area contributed by atoms with Crippen LogP contribution in [0.5, 0.6) is 0 Å². The van der Waals surface area contributed by atoms with Crippen molar-refractivity contribution in [3.05, 3.63) is 81.9 Å². The quantitative estimate of drug-likeness (QED) is 0.577. The number of nitro groups is 1. The zero-order chi connectivity index (χ0) is 20.0. The molecule has 29 heavy (non-hydrogen) atoms.